The molecule has 0 amide bonds. The second kappa shape index (κ2) is 8.71. The molecule has 0 N–H and O–H groups in total. The van der Waals surface area contributed by atoms with Gasteiger partial charge < -0.3 is 4.74 Å². The minimum atomic E-state index is 0.943. The van der Waals surface area contributed by atoms with E-state index in [4.69, 9.17) is 9.72 Å². The Morgan fingerprint density at radius 2 is 1.79 bits per heavy atom. The highest BCUT2D eigenvalue weighted by Crippen LogP contribution is 2.41. The van der Waals surface area contributed by atoms with Gasteiger partial charge in [0.25, 0.3) is 0 Å². The molecule has 150 valence electrons. The van der Waals surface area contributed by atoms with Gasteiger partial charge in [-0.3, -0.25) is 0 Å². The Morgan fingerprint density at radius 1 is 1.03 bits per heavy atom. The lowest BCUT2D eigenvalue weighted by Gasteiger charge is -2.24. The molecule has 0 atom stereocenters. The average Bonchev–Trinajstić information content (AvgIpc) is 2.72. The molecule has 2 aliphatic rings. The van der Waals surface area contributed by atoms with Crippen LogP contribution < -0.4 is 0 Å². The second-order valence-corrected chi connectivity index (χ2v) is 8.87. The van der Waals surface area contributed by atoms with Gasteiger partial charge in [-0.2, -0.15) is 0 Å². The van der Waals surface area contributed by atoms with Gasteiger partial charge in [-0.15, -0.1) is 0 Å². The summed E-state index contributed by atoms with van der Waals surface area (Å²) in [6.07, 6.45) is 9.96. The van der Waals surface area contributed by atoms with E-state index in [1.807, 2.05) is 6.08 Å². The number of methoxy groups -OCH3 is 1. The molecule has 1 fully saturated rings. The predicted octanol–water partition coefficient (Wildman–Crippen LogP) is 7.82. The number of aromatic nitrogens is 1. The average molecular weight is 450 g/mol. The zero-order valence-electron chi connectivity index (χ0n) is 17.4. The van der Waals surface area contributed by atoms with Gasteiger partial charge in [0.15, 0.2) is 0 Å². The minimum Gasteiger partial charge on any atom is -0.495 e. The van der Waals surface area contributed by atoms with Crippen LogP contribution in [-0.2, 0) is 4.74 Å². The van der Waals surface area contributed by atoms with E-state index in [1.165, 1.54) is 47.1 Å². The van der Waals surface area contributed by atoms with Crippen LogP contribution in [0.3, 0.4) is 0 Å². The molecular formula is C26H28BrNO. The number of hydrogen-bond acceptors (Lipinski definition) is 2. The number of pyridine rings is 1. The van der Waals surface area contributed by atoms with Gasteiger partial charge in [0.1, 0.15) is 11.5 Å². The molecule has 0 aliphatic heterocycles. The molecule has 2 aromatic rings. The number of halogens is 1. The monoisotopic (exact) mass is 449 g/mol. The number of hydrogen-bond donors (Lipinski definition) is 0. The van der Waals surface area contributed by atoms with Crippen LogP contribution in [0.15, 0.2) is 47.0 Å². The van der Waals surface area contributed by atoms with Crippen molar-refractivity contribution in [2.75, 3.05) is 7.11 Å². The van der Waals surface area contributed by atoms with Crippen LogP contribution in [0.4, 0.5) is 0 Å². The molecule has 0 bridgehead atoms. The third-order valence-electron chi connectivity index (χ3n) is 6.15. The van der Waals surface area contributed by atoms with Crippen molar-refractivity contribution >= 4 is 38.9 Å². The lowest BCUT2D eigenvalue weighted by molar-refractivity contribution is 0.357. The smallest absolute Gasteiger partial charge is 0.144 e. The molecule has 0 unspecified atom stereocenters. The van der Waals surface area contributed by atoms with Crippen LogP contribution in [0.25, 0.3) is 23.0 Å². The van der Waals surface area contributed by atoms with E-state index in [-0.39, 0.29) is 0 Å². The van der Waals surface area contributed by atoms with E-state index < -0.39 is 0 Å². The summed E-state index contributed by atoms with van der Waals surface area (Å²) >= 11 is 3.66. The Labute approximate surface area is 182 Å². The van der Waals surface area contributed by atoms with Crippen molar-refractivity contribution in [2.24, 2.45) is 0 Å². The summed E-state index contributed by atoms with van der Waals surface area (Å²) in [5, 5.41) is 0. The zero-order valence-corrected chi connectivity index (χ0v) is 18.9. The first-order valence-electron chi connectivity index (χ1n) is 10.5. The van der Waals surface area contributed by atoms with Crippen molar-refractivity contribution in [3.05, 3.63) is 75.0 Å². The van der Waals surface area contributed by atoms with Crippen LogP contribution in [0.2, 0.25) is 0 Å². The number of nitrogens with zero attached hydrogens (tertiary/aromatic N) is 1. The summed E-state index contributed by atoms with van der Waals surface area (Å²) in [6, 6.07) is 10.9. The molecule has 29 heavy (non-hydrogen) atoms. The molecule has 2 nitrogen and oxygen atoms in total. The molecule has 3 heteroatoms. The lowest BCUT2D eigenvalue weighted by Crippen LogP contribution is -2.08. The zero-order chi connectivity index (χ0) is 20.4. The maximum absolute atomic E-state index is 5.82. The summed E-state index contributed by atoms with van der Waals surface area (Å²) < 4.78 is 6.95. The van der Waals surface area contributed by atoms with Gasteiger partial charge in [0, 0.05) is 10.0 Å². The Kier molecular flexibility index (Phi) is 6.05. The van der Waals surface area contributed by atoms with Crippen LogP contribution in [0.5, 0.6) is 0 Å². The van der Waals surface area contributed by atoms with Crippen molar-refractivity contribution in [2.45, 2.75) is 51.9 Å². The van der Waals surface area contributed by atoms with E-state index >= 15 is 0 Å². The van der Waals surface area contributed by atoms with Crippen molar-refractivity contribution in [1.82, 2.24) is 4.98 Å². The molecule has 0 radical (unpaired) electrons. The third kappa shape index (κ3) is 3.98. The molecule has 1 heterocycles. The highest BCUT2D eigenvalue weighted by Gasteiger charge is 2.23. The van der Waals surface area contributed by atoms with E-state index in [9.17, 15) is 0 Å². The van der Waals surface area contributed by atoms with E-state index in [1.54, 1.807) is 7.11 Å². The van der Waals surface area contributed by atoms with Gasteiger partial charge in [-0.05, 0) is 97.9 Å². The number of rotatable bonds is 5. The standard InChI is InChI=1S/C26H28BrNO/c1-4-18-13-15-24(28-25(18)26(29-3)19-8-7-9-19)22-11-6-5-10-21(22)23-16-20(27)14-12-17(23)2/h4,12-16H,1,5-11H2,2-3H3. The summed E-state index contributed by atoms with van der Waals surface area (Å²) in [5.74, 6) is 0.949. The molecular weight excluding hydrogens is 422 g/mol. The summed E-state index contributed by atoms with van der Waals surface area (Å²) in [7, 11) is 1.76. The Bertz CT molecular complexity index is 1010. The Hall–Kier alpha value is -2.13. The quantitative estimate of drug-likeness (QED) is 0.433. The molecule has 1 aromatic heterocycles. The topological polar surface area (TPSA) is 22.1 Å². The Morgan fingerprint density at radius 3 is 2.45 bits per heavy atom. The largest absolute Gasteiger partial charge is 0.495 e. The van der Waals surface area contributed by atoms with Crippen LogP contribution in [-0.4, -0.2) is 12.1 Å². The number of aryl methyl sites for hydroxylation is 1. The maximum atomic E-state index is 5.82. The van der Waals surface area contributed by atoms with E-state index in [0.29, 0.717) is 0 Å². The number of allylic oxidation sites excluding steroid dienone is 3. The predicted molar refractivity (Wildman–Crippen MR) is 126 cm³/mol. The summed E-state index contributed by atoms with van der Waals surface area (Å²) in [6.45, 7) is 6.20. The first-order chi connectivity index (χ1) is 14.1. The highest BCUT2D eigenvalue weighted by atomic mass is 79.9. The fourth-order valence-electron chi connectivity index (χ4n) is 4.38. The summed E-state index contributed by atoms with van der Waals surface area (Å²) in [5.41, 5.74) is 9.92. The lowest BCUT2D eigenvalue weighted by atomic mass is 9.84. The van der Waals surface area contributed by atoms with E-state index in [2.05, 4.69) is 59.8 Å². The minimum absolute atomic E-state index is 0.943. The fraction of sp³-hybridized carbons (Fsp3) is 0.346. The molecule has 2 aliphatic carbocycles. The number of benzene rings is 1. The van der Waals surface area contributed by atoms with Gasteiger partial charge in [0.2, 0.25) is 0 Å². The van der Waals surface area contributed by atoms with Crippen molar-refractivity contribution in [1.29, 1.82) is 0 Å². The van der Waals surface area contributed by atoms with Crippen LogP contribution in [0.1, 0.15) is 73.0 Å². The van der Waals surface area contributed by atoms with Gasteiger partial charge in [-0.1, -0.05) is 40.7 Å². The summed E-state index contributed by atoms with van der Waals surface area (Å²) in [4.78, 5) is 5.15. The van der Waals surface area contributed by atoms with Crippen LogP contribution >= 0.6 is 15.9 Å². The van der Waals surface area contributed by atoms with Gasteiger partial charge >= 0.3 is 0 Å². The molecule has 0 saturated heterocycles. The van der Waals surface area contributed by atoms with Crippen molar-refractivity contribution in [3.8, 4) is 0 Å². The molecule has 0 spiro atoms. The SMILES string of the molecule is C=Cc1ccc(C2=C(c3cc(Br)ccc3C)CCCC2)nc1C(OC)=C1CCC1. The normalized spacial score (nSPS) is 16.4. The first-order valence-corrected chi connectivity index (χ1v) is 11.3. The van der Waals surface area contributed by atoms with E-state index in [0.717, 1.165) is 52.9 Å². The van der Waals surface area contributed by atoms with Crippen molar-refractivity contribution in [3.63, 3.8) is 0 Å². The molecule has 4 rings (SSSR count). The van der Waals surface area contributed by atoms with Gasteiger partial charge in [-0.25, -0.2) is 4.98 Å². The van der Waals surface area contributed by atoms with Gasteiger partial charge in [0.05, 0.1) is 12.8 Å². The number of ether oxygens (including phenoxy) is 1. The maximum Gasteiger partial charge on any atom is 0.144 e. The molecule has 1 saturated carbocycles. The molecule has 1 aromatic carbocycles. The highest BCUT2D eigenvalue weighted by molar-refractivity contribution is 9.10. The fourth-order valence-corrected chi connectivity index (χ4v) is 4.74. The third-order valence-corrected chi connectivity index (χ3v) is 6.64. The van der Waals surface area contributed by atoms with Crippen molar-refractivity contribution < 1.29 is 4.74 Å². The second-order valence-electron chi connectivity index (χ2n) is 7.95. The van der Waals surface area contributed by atoms with Crippen LogP contribution in [0, 0.1) is 6.92 Å². The first kappa shape index (κ1) is 20.2. The Balaban J connectivity index is 1.88.